The van der Waals surface area contributed by atoms with Crippen LogP contribution in [0.2, 0.25) is 0 Å². The summed E-state index contributed by atoms with van der Waals surface area (Å²) in [4.78, 5) is 16.8. The number of esters is 1. The second kappa shape index (κ2) is 4.85. The highest BCUT2D eigenvalue weighted by atomic mass is 32.1. The third-order valence-electron chi connectivity index (χ3n) is 2.80. The molecule has 3 rings (SSSR count). The molecule has 19 heavy (non-hydrogen) atoms. The zero-order valence-corrected chi connectivity index (χ0v) is 11.1. The molecule has 0 unspecified atom stereocenters. The van der Waals surface area contributed by atoms with Crippen LogP contribution >= 0.6 is 11.3 Å². The lowest BCUT2D eigenvalue weighted by molar-refractivity contribution is -0.139. The van der Waals surface area contributed by atoms with E-state index in [0.29, 0.717) is 11.5 Å². The topological polar surface area (TPSA) is 52.3 Å². The van der Waals surface area contributed by atoms with Gasteiger partial charge in [-0.05, 0) is 23.1 Å². The number of para-hydroxylation sites is 1. The zero-order valence-electron chi connectivity index (χ0n) is 10.3. The third kappa shape index (κ3) is 2.24. The second-order valence-electron chi connectivity index (χ2n) is 4.01. The summed E-state index contributed by atoms with van der Waals surface area (Å²) in [5.74, 6) is 0.301. The van der Waals surface area contributed by atoms with Crippen LogP contribution in [0.3, 0.4) is 0 Å². The fraction of sp³-hybridized carbons (Fsp3) is 0.143. The number of hydrogen-bond donors (Lipinski definition) is 0. The SMILES string of the molecule is COC(=O)Cc1cccc2oc(-c3cccs3)nc12. The van der Waals surface area contributed by atoms with Gasteiger partial charge in [0.2, 0.25) is 5.89 Å². The third-order valence-corrected chi connectivity index (χ3v) is 3.65. The van der Waals surface area contributed by atoms with Crippen molar-refractivity contribution in [2.24, 2.45) is 0 Å². The van der Waals surface area contributed by atoms with Crippen molar-refractivity contribution in [2.45, 2.75) is 6.42 Å². The minimum Gasteiger partial charge on any atom is -0.469 e. The summed E-state index contributed by atoms with van der Waals surface area (Å²) >= 11 is 1.57. The Morgan fingerprint density at radius 1 is 1.37 bits per heavy atom. The van der Waals surface area contributed by atoms with E-state index in [1.54, 1.807) is 11.3 Å². The maximum atomic E-state index is 11.4. The largest absolute Gasteiger partial charge is 0.469 e. The van der Waals surface area contributed by atoms with E-state index >= 15 is 0 Å². The average molecular weight is 273 g/mol. The zero-order chi connectivity index (χ0) is 13.2. The summed E-state index contributed by atoms with van der Waals surface area (Å²) in [6.07, 6.45) is 0.199. The number of fused-ring (bicyclic) bond motifs is 1. The van der Waals surface area contributed by atoms with Gasteiger partial charge < -0.3 is 9.15 Å². The van der Waals surface area contributed by atoms with Crippen molar-refractivity contribution in [3.05, 3.63) is 41.3 Å². The van der Waals surface area contributed by atoms with E-state index in [1.807, 2.05) is 35.7 Å². The molecule has 96 valence electrons. The van der Waals surface area contributed by atoms with E-state index in [-0.39, 0.29) is 12.4 Å². The number of aromatic nitrogens is 1. The number of thiophene rings is 1. The molecule has 5 heteroatoms. The van der Waals surface area contributed by atoms with Crippen LogP contribution in [0.1, 0.15) is 5.56 Å². The normalized spacial score (nSPS) is 10.8. The van der Waals surface area contributed by atoms with E-state index in [1.165, 1.54) is 7.11 Å². The van der Waals surface area contributed by atoms with Crippen LogP contribution in [0, 0.1) is 0 Å². The van der Waals surface area contributed by atoms with Crippen LogP contribution in [-0.4, -0.2) is 18.1 Å². The van der Waals surface area contributed by atoms with Gasteiger partial charge in [0.25, 0.3) is 0 Å². The Kier molecular flexibility index (Phi) is 3.05. The number of methoxy groups -OCH3 is 1. The molecule has 0 aliphatic carbocycles. The summed E-state index contributed by atoms with van der Waals surface area (Å²) < 4.78 is 10.4. The molecule has 0 N–H and O–H groups in total. The molecular weight excluding hydrogens is 262 g/mol. The molecule has 0 amide bonds. The first-order valence-electron chi connectivity index (χ1n) is 5.77. The summed E-state index contributed by atoms with van der Waals surface area (Å²) in [6, 6.07) is 9.46. The van der Waals surface area contributed by atoms with E-state index in [9.17, 15) is 4.79 Å². The summed E-state index contributed by atoms with van der Waals surface area (Å²) in [7, 11) is 1.38. The Hall–Kier alpha value is -2.14. The molecule has 0 aliphatic heterocycles. The van der Waals surface area contributed by atoms with E-state index < -0.39 is 0 Å². The molecule has 0 saturated carbocycles. The molecule has 0 fully saturated rings. The van der Waals surface area contributed by atoms with Crippen molar-refractivity contribution in [1.82, 2.24) is 4.98 Å². The van der Waals surface area contributed by atoms with Gasteiger partial charge in [-0.1, -0.05) is 18.2 Å². The minimum atomic E-state index is -0.284. The Labute approximate surface area is 113 Å². The molecule has 0 atom stereocenters. The molecule has 0 radical (unpaired) electrons. The monoisotopic (exact) mass is 273 g/mol. The average Bonchev–Trinajstić information content (AvgIpc) is 3.07. The lowest BCUT2D eigenvalue weighted by atomic mass is 10.1. The number of carbonyl (C=O) groups excluding carboxylic acids is 1. The number of hydrogen-bond acceptors (Lipinski definition) is 5. The van der Waals surface area contributed by atoms with Crippen molar-refractivity contribution < 1.29 is 13.9 Å². The highest BCUT2D eigenvalue weighted by molar-refractivity contribution is 7.13. The van der Waals surface area contributed by atoms with Gasteiger partial charge in [0.15, 0.2) is 5.58 Å². The van der Waals surface area contributed by atoms with Crippen LogP contribution in [0.5, 0.6) is 0 Å². The molecule has 0 saturated heterocycles. The van der Waals surface area contributed by atoms with Crippen molar-refractivity contribution in [3.63, 3.8) is 0 Å². The molecule has 0 spiro atoms. The highest BCUT2D eigenvalue weighted by Crippen LogP contribution is 2.29. The fourth-order valence-electron chi connectivity index (χ4n) is 1.88. The summed E-state index contributed by atoms with van der Waals surface area (Å²) in [6.45, 7) is 0. The first-order valence-corrected chi connectivity index (χ1v) is 6.65. The van der Waals surface area contributed by atoms with Crippen LogP contribution in [0.4, 0.5) is 0 Å². The lowest BCUT2D eigenvalue weighted by Crippen LogP contribution is -2.04. The Bertz CT molecular complexity index is 715. The molecular formula is C14H11NO3S. The number of nitrogens with zero attached hydrogens (tertiary/aromatic N) is 1. The van der Waals surface area contributed by atoms with Crippen molar-refractivity contribution in [2.75, 3.05) is 7.11 Å². The Morgan fingerprint density at radius 3 is 3.00 bits per heavy atom. The molecule has 1 aromatic carbocycles. The molecule has 2 heterocycles. The summed E-state index contributed by atoms with van der Waals surface area (Å²) in [5, 5.41) is 1.97. The number of benzene rings is 1. The fourth-order valence-corrected chi connectivity index (χ4v) is 2.53. The smallest absolute Gasteiger partial charge is 0.310 e. The van der Waals surface area contributed by atoms with Gasteiger partial charge in [0, 0.05) is 0 Å². The Morgan fingerprint density at radius 2 is 2.26 bits per heavy atom. The van der Waals surface area contributed by atoms with Gasteiger partial charge in [-0.15, -0.1) is 11.3 Å². The summed E-state index contributed by atoms with van der Waals surface area (Å²) in [5.41, 5.74) is 2.22. The molecule has 0 aliphatic rings. The quantitative estimate of drug-likeness (QED) is 0.687. The van der Waals surface area contributed by atoms with Gasteiger partial charge in [-0.25, -0.2) is 4.98 Å². The van der Waals surface area contributed by atoms with Gasteiger partial charge in [-0.2, -0.15) is 0 Å². The van der Waals surface area contributed by atoms with Crippen LogP contribution < -0.4 is 0 Å². The Balaban J connectivity index is 2.07. The lowest BCUT2D eigenvalue weighted by Gasteiger charge is -1.99. The molecule has 2 aromatic heterocycles. The first kappa shape index (κ1) is 11.9. The van der Waals surface area contributed by atoms with Gasteiger partial charge in [0.1, 0.15) is 5.52 Å². The number of carbonyl (C=O) groups is 1. The molecule has 4 nitrogen and oxygen atoms in total. The first-order chi connectivity index (χ1) is 9.28. The van der Waals surface area contributed by atoms with Crippen LogP contribution in [-0.2, 0) is 16.0 Å². The van der Waals surface area contributed by atoms with Crippen LogP contribution in [0.15, 0.2) is 40.1 Å². The van der Waals surface area contributed by atoms with Gasteiger partial charge in [0.05, 0.1) is 18.4 Å². The van der Waals surface area contributed by atoms with Gasteiger partial charge >= 0.3 is 5.97 Å². The molecule has 0 bridgehead atoms. The van der Waals surface area contributed by atoms with Crippen molar-refractivity contribution in [1.29, 1.82) is 0 Å². The maximum Gasteiger partial charge on any atom is 0.310 e. The standard InChI is InChI=1S/C14H11NO3S/c1-17-12(16)8-9-4-2-5-10-13(9)15-14(18-10)11-6-3-7-19-11/h2-7H,8H2,1H3. The van der Waals surface area contributed by atoms with Crippen LogP contribution in [0.25, 0.3) is 21.9 Å². The van der Waals surface area contributed by atoms with E-state index in [0.717, 1.165) is 16.0 Å². The predicted octanol–water partition coefficient (Wildman–Crippen LogP) is 3.27. The number of rotatable bonds is 3. The second-order valence-corrected chi connectivity index (χ2v) is 4.96. The minimum absolute atomic E-state index is 0.199. The predicted molar refractivity (Wildman–Crippen MR) is 73.0 cm³/mol. The number of ether oxygens (including phenoxy) is 1. The van der Waals surface area contributed by atoms with Crippen molar-refractivity contribution >= 4 is 28.4 Å². The van der Waals surface area contributed by atoms with Crippen molar-refractivity contribution in [3.8, 4) is 10.8 Å². The highest BCUT2D eigenvalue weighted by Gasteiger charge is 2.14. The van der Waals surface area contributed by atoms with E-state index in [4.69, 9.17) is 4.42 Å². The molecule has 3 aromatic rings. The maximum absolute atomic E-state index is 11.4. The number of oxazole rings is 1. The van der Waals surface area contributed by atoms with E-state index in [2.05, 4.69) is 9.72 Å². The van der Waals surface area contributed by atoms with Gasteiger partial charge in [-0.3, -0.25) is 4.79 Å².